The molecule has 32 heavy (non-hydrogen) atoms. The first kappa shape index (κ1) is 21.9. The van der Waals surface area contributed by atoms with Gasteiger partial charge in [0.1, 0.15) is 4.83 Å². The molecule has 0 saturated carbocycles. The molecule has 9 heteroatoms. The number of hydrogen-bond acceptors (Lipinski definition) is 7. The van der Waals surface area contributed by atoms with Crippen LogP contribution in [0.4, 0.5) is 0 Å². The van der Waals surface area contributed by atoms with E-state index in [2.05, 4.69) is 11.9 Å². The summed E-state index contributed by atoms with van der Waals surface area (Å²) in [6.07, 6.45) is 7.61. The summed E-state index contributed by atoms with van der Waals surface area (Å²) in [4.78, 5) is 38.6. The van der Waals surface area contributed by atoms with Crippen LogP contribution in [0.15, 0.2) is 26.2 Å². The Morgan fingerprint density at radius 2 is 2.03 bits per heavy atom. The topological polar surface area (TPSA) is 69.3 Å². The van der Waals surface area contributed by atoms with E-state index in [9.17, 15) is 9.59 Å². The molecule has 1 aliphatic carbocycles. The number of hydrogen-bond donors (Lipinski definition) is 0. The Bertz CT molecular complexity index is 1410. The molecule has 0 atom stereocenters. The highest BCUT2D eigenvalue weighted by Gasteiger charge is 2.23. The molecule has 4 aromatic rings. The van der Waals surface area contributed by atoms with Crippen molar-refractivity contribution in [3.63, 3.8) is 0 Å². The zero-order valence-electron chi connectivity index (χ0n) is 18.3. The van der Waals surface area contributed by atoms with Gasteiger partial charge < -0.3 is 0 Å². The van der Waals surface area contributed by atoms with Crippen LogP contribution in [-0.4, -0.2) is 18.9 Å². The van der Waals surface area contributed by atoms with Gasteiger partial charge >= 0.3 is 0 Å². The van der Waals surface area contributed by atoms with Crippen LogP contribution in [0.25, 0.3) is 15.2 Å². The number of unbranched alkanes of at least 4 members (excludes halogenated alkanes) is 3. The third kappa shape index (κ3) is 3.95. The minimum Gasteiger partial charge on any atom is -0.287 e. The lowest BCUT2D eigenvalue weighted by Gasteiger charge is -2.12. The zero-order valence-corrected chi connectivity index (χ0v) is 20.8. The van der Waals surface area contributed by atoms with Gasteiger partial charge in [-0.15, -0.1) is 22.7 Å². The molecule has 0 amide bonds. The second-order valence-corrected chi connectivity index (χ2v) is 11.2. The van der Waals surface area contributed by atoms with Crippen LogP contribution >= 0.6 is 34.4 Å². The highest BCUT2D eigenvalue weighted by Crippen LogP contribution is 2.36. The fourth-order valence-electron chi connectivity index (χ4n) is 4.38. The molecule has 0 N–H and O–H groups in total. The quantitative estimate of drug-likeness (QED) is 0.195. The summed E-state index contributed by atoms with van der Waals surface area (Å²) in [5, 5.41) is 3.53. The van der Waals surface area contributed by atoms with Crippen molar-refractivity contribution < 1.29 is 0 Å². The molecule has 0 aromatic carbocycles. The Morgan fingerprint density at radius 1 is 1.16 bits per heavy atom. The van der Waals surface area contributed by atoms with Gasteiger partial charge in [0.05, 0.1) is 11.1 Å². The molecule has 0 fully saturated rings. The Kier molecular flexibility index (Phi) is 6.22. The van der Waals surface area contributed by atoms with Crippen LogP contribution < -0.4 is 11.1 Å². The number of fused-ring (bicyclic) bond motifs is 4. The molecule has 0 radical (unpaired) electrons. The van der Waals surface area contributed by atoms with Gasteiger partial charge in [-0.2, -0.15) is 0 Å². The van der Waals surface area contributed by atoms with Crippen molar-refractivity contribution in [2.75, 3.05) is 0 Å². The molecule has 6 nitrogen and oxygen atoms in total. The van der Waals surface area contributed by atoms with E-state index in [4.69, 9.17) is 4.98 Å². The van der Waals surface area contributed by atoms with Gasteiger partial charge in [0, 0.05) is 34.3 Å². The first-order valence-corrected chi connectivity index (χ1v) is 13.9. The maximum Gasteiger partial charge on any atom is 0.263 e. The summed E-state index contributed by atoms with van der Waals surface area (Å²) in [6.45, 7) is 4.79. The average molecular weight is 487 g/mol. The van der Waals surface area contributed by atoms with E-state index >= 15 is 0 Å². The second kappa shape index (κ2) is 9.11. The first-order chi connectivity index (χ1) is 15.6. The lowest BCUT2D eigenvalue weighted by atomic mass is 10.2. The van der Waals surface area contributed by atoms with Crippen molar-refractivity contribution in [3.8, 4) is 0 Å². The minimum atomic E-state index is -0.0561. The lowest BCUT2D eigenvalue weighted by Crippen LogP contribution is -2.23. The summed E-state index contributed by atoms with van der Waals surface area (Å²) in [5.41, 5.74) is 2.91. The van der Waals surface area contributed by atoms with Crippen LogP contribution in [0, 0.1) is 6.92 Å². The van der Waals surface area contributed by atoms with Gasteiger partial charge in [0.15, 0.2) is 10.1 Å². The van der Waals surface area contributed by atoms with E-state index < -0.39 is 0 Å². The van der Waals surface area contributed by atoms with Gasteiger partial charge in [0.25, 0.3) is 11.1 Å². The molecule has 1 aliphatic rings. The number of thiazole rings is 1. The van der Waals surface area contributed by atoms with Crippen molar-refractivity contribution in [1.82, 2.24) is 18.9 Å². The minimum absolute atomic E-state index is 0.0561. The Morgan fingerprint density at radius 3 is 2.88 bits per heavy atom. The predicted octanol–water partition coefficient (Wildman–Crippen LogP) is 5.20. The third-order valence-corrected chi connectivity index (χ3v) is 9.14. The van der Waals surface area contributed by atoms with Crippen LogP contribution in [-0.2, 0) is 25.1 Å². The Balaban J connectivity index is 1.49. The fourth-order valence-corrected chi connectivity index (χ4v) is 7.49. The number of thioether (sulfide) groups is 1. The van der Waals surface area contributed by atoms with E-state index in [-0.39, 0.29) is 11.1 Å². The summed E-state index contributed by atoms with van der Waals surface area (Å²) < 4.78 is 3.51. The monoisotopic (exact) mass is 486 g/mol. The third-order valence-electron chi connectivity index (χ3n) is 6.00. The maximum absolute atomic E-state index is 13.5. The van der Waals surface area contributed by atoms with E-state index in [1.807, 2.05) is 16.9 Å². The maximum atomic E-state index is 13.5. The van der Waals surface area contributed by atoms with E-state index in [0.29, 0.717) is 17.3 Å². The lowest BCUT2D eigenvalue weighted by molar-refractivity contribution is 0.531. The van der Waals surface area contributed by atoms with E-state index in [0.717, 1.165) is 65.3 Å². The highest BCUT2D eigenvalue weighted by molar-refractivity contribution is 7.98. The summed E-state index contributed by atoms with van der Waals surface area (Å²) >= 11 is 4.66. The molecule has 5 rings (SSSR count). The molecule has 0 bridgehead atoms. The fraction of sp³-hybridized carbons (Fsp3) is 0.478. The molecule has 0 spiro atoms. The van der Waals surface area contributed by atoms with Gasteiger partial charge in [-0.05, 0) is 38.2 Å². The molecular formula is C23H26N4O2S3. The summed E-state index contributed by atoms with van der Waals surface area (Å²) in [7, 11) is 0. The summed E-state index contributed by atoms with van der Waals surface area (Å²) in [6, 6.07) is 1.60. The smallest absolute Gasteiger partial charge is 0.263 e. The van der Waals surface area contributed by atoms with Crippen molar-refractivity contribution in [2.45, 2.75) is 76.2 Å². The van der Waals surface area contributed by atoms with E-state index in [1.54, 1.807) is 21.8 Å². The molecular weight excluding hydrogens is 460 g/mol. The largest absolute Gasteiger partial charge is 0.287 e. The van der Waals surface area contributed by atoms with Gasteiger partial charge in [-0.25, -0.2) is 9.97 Å². The standard InChI is InChI=1S/C23H26N4O2S3/c1-3-4-5-6-10-26-21(29)19-16-8-7-9-17(16)32-20(19)25-22(26)31-13-15-11-18(28)27-14(2)12-30-23(27)24-15/h11-12H,3-10,13H2,1-2H3. The normalized spacial score (nSPS) is 13.4. The van der Waals surface area contributed by atoms with E-state index in [1.165, 1.54) is 40.0 Å². The Hall–Kier alpha value is -1.97. The van der Waals surface area contributed by atoms with Crippen LogP contribution in [0.2, 0.25) is 0 Å². The van der Waals surface area contributed by atoms with Gasteiger partial charge in [-0.1, -0.05) is 37.9 Å². The highest BCUT2D eigenvalue weighted by atomic mass is 32.2. The molecule has 4 heterocycles. The second-order valence-electron chi connectivity index (χ2n) is 8.32. The average Bonchev–Trinajstić information content (AvgIpc) is 3.45. The molecule has 0 saturated heterocycles. The SMILES string of the molecule is CCCCCCn1c(SCc2cc(=O)n3c(C)csc3n2)nc2sc3c(c2c1=O)CCC3. The number of aryl methyl sites for hydroxylation is 3. The zero-order chi connectivity index (χ0) is 22.2. The molecule has 0 unspecified atom stereocenters. The number of rotatable bonds is 8. The van der Waals surface area contributed by atoms with Crippen molar-refractivity contribution >= 4 is 49.6 Å². The molecule has 4 aromatic heterocycles. The summed E-state index contributed by atoms with van der Waals surface area (Å²) in [5.74, 6) is 0.515. The number of thiophene rings is 1. The van der Waals surface area contributed by atoms with Crippen molar-refractivity contribution in [1.29, 1.82) is 0 Å². The predicted molar refractivity (Wildman–Crippen MR) is 134 cm³/mol. The molecule has 0 aliphatic heterocycles. The van der Waals surface area contributed by atoms with Crippen molar-refractivity contribution in [3.05, 3.63) is 54.0 Å². The van der Waals surface area contributed by atoms with Crippen molar-refractivity contribution in [2.24, 2.45) is 0 Å². The Labute approximate surface area is 198 Å². The van der Waals surface area contributed by atoms with Gasteiger partial charge in [-0.3, -0.25) is 18.6 Å². The first-order valence-electron chi connectivity index (χ1n) is 11.2. The van der Waals surface area contributed by atoms with Crippen LogP contribution in [0.1, 0.15) is 60.9 Å². The van der Waals surface area contributed by atoms with Gasteiger partial charge in [0.2, 0.25) is 0 Å². The van der Waals surface area contributed by atoms with Crippen LogP contribution in [0.3, 0.4) is 0 Å². The van der Waals surface area contributed by atoms with Crippen LogP contribution in [0.5, 0.6) is 0 Å². The molecule has 168 valence electrons. The number of nitrogens with zero attached hydrogens (tertiary/aromatic N) is 4. The number of aromatic nitrogens is 4.